The molecule has 0 aliphatic heterocycles. The summed E-state index contributed by atoms with van der Waals surface area (Å²) in [4.78, 5) is 4.80. The quantitative estimate of drug-likeness (QED) is 0.799. The Labute approximate surface area is 124 Å². The zero-order chi connectivity index (χ0) is 14.8. The van der Waals surface area contributed by atoms with Crippen molar-refractivity contribution in [2.45, 2.75) is 13.5 Å². The molecule has 4 heteroatoms. The van der Waals surface area contributed by atoms with E-state index in [9.17, 15) is 0 Å². The van der Waals surface area contributed by atoms with Crippen LogP contribution in [0.4, 0.5) is 0 Å². The molecule has 0 aliphatic rings. The number of hydrogen-bond acceptors (Lipinski definition) is 3. The van der Waals surface area contributed by atoms with E-state index in [0.29, 0.717) is 0 Å². The zero-order valence-corrected chi connectivity index (χ0v) is 12.6. The molecular weight excluding hydrogens is 262 g/mol. The van der Waals surface area contributed by atoms with Crippen molar-refractivity contribution in [2.75, 3.05) is 14.2 Å². The van der Waals surface area contributed by atoms with Gasteiger partial charge in [-0.1, -0.05) is 0 Å². The van der Waals surface area contributed by atoms with Crippen LogP contribution < -0.4 is 10.1 Å². The summed E-state index contributed by atoms with van der Waals surface area (Å²) in [5.41, 5.74) is 5.47. The fourth-order valence-corrected chi connectivity index (χ4v) is 2.51. The molecule has 0 spiro atoms. The van der Waals surface area contributed by atoms with Crippen LogP contribution in [0.25, 0.3) is 16.9 Å². The minimum absolute atomic E-state index is 0.769. The average Bonchev–Trinajstić information content (AvgIpc) is 2.85. The number of methoxy groups -OCH3 is 1. The largest absolute Gasteiger partial charge is 0.497 e. The van der Waals surface area contributed by atoms with Crippen LogP contribution in [-0.4, -0.2) is 23.5 Å². The van der Waals surface area contributed by atoms with Gasteiger partial charge in [-0.2, -0.15) is 0 Å². The van der Waals surface area contributed by atoms with Crippen molar-refractivity contribution >= 4 is 5.65 Å². The van der Waals surface area contributed by atoms with Crippen molar-refractivity contribution in [3.63, 3.8) is 0 Å². The lowest BCUT2D eigenvalue weighted by Crippen LogP contribution is -2.08. The monoisotopic (exact) mass is 281 g/mol. The average molecular weight is 281 g/mol. The maximum atomic E-state index is 5.22. The minimum Gasteiger partial charge on any atom is -0.497 e. The molecule has 0 aliphatic carbocycles. The van der Waals surface area contributed by atoms with Crippen molar-refractivity contribution in [3.8, 4) is 17.0 Å². The van der Waals surface area contributed by atoms with E-state index in [1.54, 1.807) is 7.11 Å². The number of nitrogens with zero attached hydrogens (tertiary/aromatic N) is 2. The van der Waals surface area contributed by atoms with E-state index in [-0.39, 0.29) is 0 Å². The fraction of sp³-hybridized carbons (Fsp3) is 0.235. The van der Waals surface area contributed by atoms with Crippen LogP contribution in [0.1, 0.15) is 11.3 Å². The first-order chi connectivity index (χ1) is 10.2. The van der Waals surface area contributed by atoms with E-state index in [1.807, 2.05) is 31.3 Å². The lowest BCUT2D eigenvalue weighted by molar-refractivity contribution is 0.415. The van der Waals surface area contributed by atoms with Crippen LogP contribution in [0.3, 0.4) is 0 Å². The third-order valence-electron chi connectivity index (χ3n) is 3.59. The van der Waals surface area contributed by atoms with Gasteiger partial charge in [-0.15, -0.1) is 0 Å². The summed E-state index contributed by atoms with van der Waals surface area (Å²) in [5, 5.41) is 3.22. The molecule has 0 unspecified atom stereocenters. The Kier molecular flexibility index (Phi) is 3.62. The van der Waals surface area contributed by atoms with Crippen molar-refractivity contribution in [2.24, 2.45) is 0 Å². The minimum atomic E-state index is 0.769. The highest BCUT2D eigenvalue weighted by molar-refractivity contribution is 5.67. The van der Waals surface area contributed by atoms with Gasteiger partial charge < -0.3 is 14.5 Å². The lowest BCUT2D eigenvalue weighted by Gasteiger charge is -2.05. The number of benzene rings is 1. The molecule has 0 atom stereocenters. The van der Waals surface area contributed by atoms with E-state index in [0.717, 1.165) is 34.9 Å². The molecule has 2 heterocycles. The van der Waals surface area contributed by atoms with Gasteiger partial charge in [0, 0.05) is 18.3 Å². The number of fused-ring (bicyclic) bond motifs is 1. The summed E-state index contributed by atoms with van der Waals surface area (Å²) in [6, 6.07) is 12.2. The van der Waals surface area contributed by atoms with Crippen LogP contribution in [0.5, 0.6) is 5.75 Å². The van der Waals surface area contributed by atoms with Gasteiger partial charge in [0.05, 0.1) is 18.5 Å². The van der Waals surface area contributed by atoms with Crippen LogP contribution in [0.2, 0.25) is 0 Å². The van der Waals surface area contributed by atoms with Gasteiger partial charge in [-0.3, -0.25) is 0 Å². The Morgan fingerprint density at radius 1 is 1.19 bits per heavy atom. The number of imidazole rings is 1. The molecule has 0 saturated carbocycles. The van der Waals surface area contributed by atoms with E-state index in [1.165, 1.54) is 5.56 Å². The smallest absolute Gasteiger partial charge is 0.137 e. The molecule has 108 valence electrons. The Balaban J connectivity index is 2.17. The standard InChI is InChI=1S/C17H19N3O/c1-12-8-9-20-15(11-18-2)17(19-16(20)10-12)13-4-6-14(21-3)7-5-13/h4-10,18H,11H2,1-3H3. The maximum absolute atomic E-state index is 5.22. The van der Waals surface area contributed by atoms with E-state index < -0.39 is 0 Å². The van der Waals surface area contributed by atoms with Gasteiger partial charge in [0.2, 0.25) is 0 Å². The molecule has 0 radical (unpaired) electrons. The predicted octanol–water partition coefficient (Wildman–Crippen LogP) is 3.04. The Bertz CT molecular complexity index is 760. The van der Waals surface area contributed by atoms with Gasteiger partial charge in [0.25, 0.3) is 0 Å². The summed E-state index contributed by atoms with van der Waals surface area (Å²) < 4.78 is 7.36. The van der Waals surface area contributed by atoms with Crippen LogP contribution in [-0.2, 0) is 6.54 Å². The molecule has 1 aromatic carbocycles. The van der Waals surface area contributed by atoms with E-state index in [4.69, 9.17) is 9.72 Å². The first-order valence-electron chi connectivity index (χ1n) is 6.99. The molecule has 0 fully saturated rings. The number of hydrogen-bond donors (Lipinski definition) is 1. The fourth-order valence-electron chi connectivity index (χ4n) is 2.51. The molecule has 4 nitrogen and oxygen atoms in total. The van der Waals surface area contributed by atoms with Crippen LogP contribution >= 0.6 is 0 Å². The second-order valence-corrected chi connectivity index (χ2v) is 5.10. The number of pyridine rings is 1. The second-order valence-electron chi connectivity index (χ2n) is 5.10. The highest BCUT2D eigenvalue weighted by Gasteiger charge is 2.13. The molecular formula is C17H19N3O. The van der Waals surface area contributed by atoms with Gasteiger partial charge >= 0.3 is 0 Å². The maximum Gasteiger partial charge on any atom is 0.137 e. The topological polar surface area (TPSA) is 38.6 Å². The summed E-state index contributed by atoms with van der Waals surface area (Å²) in [6.07, 6.45) is 2.08. The van der Waals surface area contributed by atoms with Crippen LogP contribution in [0, 0.1) is 6.92 Å². The first-order valence-corrected chi connectivity index (χ1v) is 6.99. The second kappa shape index (κ2) is 5.58. The molecule has 2 aromatic heterocycles. The predicted molar refractivity (Wildman–Crippen MR) is 84.7 cm³/mol. The Hall–Kier alpha value is -2.33. The van der Waals surface area contributed by atoms with Crippen molar-refractivity contribution in [1.82, 2.24) is 14.7 Å². The molecule has 21 heavy (non-hydrogen) atoms. The van der Waals surface area contributed by atoms with Gasteiger partial charge in [0.1, 0.15) is 11.4 Å². The molecule has 0 bridgehead atoms. The number of aryl methyl sites for hydroxylation is 1. The molecule has 3 aromatic rings. The zero-order valence-electron chi connectivity index (χ0n) is 12.6. The highest BCUT2D eigenvalue weighted by Crippen LogP contribution is 2.26. The normalized spacial score (nSPS) is 11.0. The van der Waals surface area contributed by atoms with Gasteiger partial charge in [0.15, 0.2) is 0 Å². The summed E-state index contributed by atoms with van der Waals surface area (Å²) in [5.74, 6) is 0.855. The molecule has 0 amide bonds. The highest BCUT2D eigenvalue weighted by atomic mass is 16.5. The number of ether oxygens (including phenoxy) is 1. The Morgan fingerprint density at radius 2 is 1.95 bits per heavy atom. The molecule has 3 rings (SSSR count). The van der Waals surface area contributed by atoms with Crippen molar-refractivity contribution in [1.29, 1.82) is 0 Å². The first kappa shape index (κ1) is 13.6. The molecule has 1 N–H and O–H groups in total. The van der Waals surface area contributed by atoms with E-state index in [2.05, 4.69) is 35.0 Å². The van der Waals surface area contributed by atoms with E-state index >= 15 is 0 Å². The summed E-state index contributed by atoms with van der Waals surface area (Å²) in [6.45, 7) is 2.85. The number of rotatable bonds is 4. The third kappa shape index (κ3) is 2.50. The number of aromatic nitrogens is 2. The van der Waals surface area contributed by atoms with Gasteiger partial charge in [-0.05, 0) is 55.9 Å². The number of nitrogens with one attached hydrogen (secondary N) is 1. The lowest BCUT2D eigenvalue weighted by atomic mass is 10.1. The SMILES string of the molecule is CNCc1c(-c2ccc(OC)cc2)nc2cc(C)ccn12. The van der Waals surface area contributed by atoms with Crippen molar-refractivity contribution < 1.29 is 4.74 Å². The van der Waals surface area contributed by atoms with Crippen LogP contribution in [0.15, 0.2) is 42.6 Å². The molecule has 0 saturated heterocycles. The third-order valence-corrected chi connectivity index (χ3v) is 3.59. The summed E-state index contributed by atoms with van der Waals surface area (Å²) in [7, 11) is 3.63. The Morgan fingerprint density at radius 3 is 2.62 bits per heavy atom. The summed E-state index contributed by atoms with van der Waals surface area (Å²) >= 11 is 0. The van der Waals surface area contributed by atoms with Gasteiger partial charge in [-0.25, -0.2) is 4.98 Å². The van der Waals surface area contributed by atoms with Crippen molar-refractivity contribution in [3.05, 3.63) is 53.9 Å².